The molecule has 3 aromatic rings. The number of anilines is 2. The second-order valence-electron chi connectivity index (χ2n) is 4.84. The third-order valence-electron chi connectivity index (χ3n) is 3.46. The molecule has 0 radical (unpaired) electrons. The van der Waals surface area contributed by atoms with Crippen molar-refractivity contribution in [2.75, 3.05) is 4.90 Å². The van der Waals surface area contributed by atoms with Crippen LogP contribution < -0.4 is 4.90 Å². The molecule has 4 heteroatoms. The van der Waals surface area contributed by atoms with Crippen LogP contribution in [0.15, 0.2) is 76.9 Å². The van der Waals surface area contributed by atoms with Crippen LogP contribution in [0.2, 0.25) is 0 Å². The molecule has 0 spiro atoms. The van der Waals surface area contributed by atoms with Crippen LogP contribution in [0.4, 0.5) is 11.5 Å². The average Bonchev–Trinajstić information content (AvgIpc) is 2.55. The quantitative estimate of drug-likeness (QED) is 0.704. The minimum atomic E-state index is 0.796. The van der Waals surface area contributed by atoms with Gasteiger partial charge in [0, 0.05) is 23.8 Å². The molecule has 102 valence electrons. The van der Waals surface area contributed by atoms with Crippen molar-refractivity contribution in [3.63, 3.8) is 0 Å². The van der Waals surface area contributed by atoms with E-state index < -0.39 is 0 Å². The van der Waals surface area contributed by atoms with E-state index in [4.69, 9.17) is 0 Å². The van der Waals surface area contributed by atoms with E-state index in [0.717, 1.165) is 18.1 Å². The Morgan fingerprint density at radius 2 is 1.81 bits per heavy atom. The zero-order chi connectivity index (χ0) is 14.1. The number of rotatable bonds is 2. The molecule has 1 aliphatic heterocycles. The van der Waals surface area contributed by atoms with Crippen molar-refractivity contribution in [1.82, 2.24) is 9.97 Å². The van der Waals surface area contributed by atoms with Crippen LogP contribution in [0.25, 0.3) is 0 Å². The summed E-state index contributed by atoms with van der Waals surface area (Å²) in [4.78, 5) is 13.5. The summed E-state index contributed by atoms with van der Waals surface area (Å²) in [7, 11) is 0. The standard InChI is InChI=1S/C17H13N3S/c1-2-5-13(6-3-1)12-20-14-11-18-10-8-15(14)21-16-7-4-9-19-17(16)20/h1-11H,12H2. The molecule has 1 aromatic carbocycles. The van der Waals surface area contributed by atoms with Gasteiger partial charge in [-0.05, 0) is 23.8 Å². The lowest BCUT2D eigenvalue weighted by atomic mass is 10.2. The van der Waals surface area contributed by atoms with Crippen molar-refractivity contribution in [2.45, 2.75) is 16.3 Å². The Morgan fingerprint density at radius 3 is 2.71 bits per heavy atom. The van der Waals surface area contributed by atoms with Gasteiger partial charge in [0.1, 0.15) is 5.82 Å². The molecule has 0 saturated carbocycles. The number of hydrogen-bond donors (Lipinski definition) is 0. The summed E-state index contributed by atoms with van der Waals surface area (Å²) < 4.78 is 0. The second-order valence-corrected chi connectivity index (χ2v) is 5.93. The molecule has 0 fully saturated rings. The minimum Gasteiger partial charge on any atom is -0.319 e. The van der Waals surface area contributed by atoms with E-state index in [1.807, 2.05) is 30.7 Å². The number of fused-ring (bicyclic) bond motifs is 2. The Labute approximate surface area is 127 Å². The Morgan fingerprint density at radius 1 is 0.905 bits per heavy atom. The van der Waals surface area contributed by atoms with E-state index in [-0.39, 0.29) is 0 Å². The largest absolute Gasteiger partial charge is 0.319 e. The molecule has 0 atom stereocenters. The zero-order valence-corrected chi connectivity index (χ0v) is 12.1. The molecule has 3 heterocycles. The summed E-state index contributed by atoms with van der Waals surface area (Å²) in [6.07, 6.45) is 5.61. The molecule has 0 saturated heterocycles. The first-order chi connectivity index (χ1) is 10.4. The third-order valence-corrected chi connectivity index (χ3v) is 4.57. The maximum atomic E-state index is 4.57. The van der Waals surface area contributed by atoms with Crippen LogP contribution in [0.1, 0.15) is 5.56 Å². The van der Waals surface area contributed by atoms with Crippen molar-refractivity contribution in [1.29, 1.82) is 0 Å². The number of hydrogen-bond acceptors (Lipinski definition) is 4. The van der Waals surface area contributed by atoms with Crippen LogP contribution in [0.3, 0.4) is 0 Å². The number of benzene rings is 1. The molecule has 0 N–H and O–H groups in total. The summed E-state index contributed by atoms with van der Waals surface area (Å²) in [5.74, 6) is 1.01. The molecule has 21 heavy (non-hydrogen) atoms. The van der Waals surface area contributed by atoms with E-state index in [1.165, 1.54) is 15.4 Å². The summed E-state index contributed by atoms with van der Waals surface area (Å²) in [5.41, 5.74) is 2.38. The lowest BCUT2D eigenvalue weighted by Crippen LogP contribution is -2.21. The third kappa shape index (κ3) is 2.28. The van der Waals surface area contributed by atoms with Crippen LogP contribution in [-0.2, 0) is 6.54 Å². The van der Waals surface area contributed by atoms with Gasteiger partial charge in [-0.25, -0.2) is 4.98 Å². The Hall–Kier alpha value is -2.33. The normalized spacial score (nSPS) is 12.7. The van der Waals surface area contributed by atoms with Crippen molar-refractivity contribution in [2.24, 2.45) is 0 Å². The van der Waals surface area contributed by atoms with Crippen LogP contribution in [-0.4, -0.2) is 9.97 Å². The lowest BCUT2D eigenvalue weighted by Gasteiger charge is -2.31. The molecule has 0 unspecified atom stereocenters. The molecule has 0 aliphatic carbocycles. The number of aromatic nitrogens is 2. The molecule has 0 bridgehead atoms. The van der Waals surface area contributed by atoms with Gasteiger partial charge in [-0.1, -0.05) is 42.1 Å². The maximum absolute atomic E-state index is 4.57. The van der Waals surface area contributed by atoms with E-state index in [0.29, 0.717) is 0 Å². The number of nitrogens with zero attached hydrogens (tertiary/aromatic N) is 3. The lowest BCUT2D eigenvalue weighted by molar-refractivity contribution is 0.901. The van der Waals surface area contributed by atoms with E-state index in [2.05, 4.69) is 51.3 Å². The fraction of sp³-hybridized carbons (Fsp3) is 0.0588. The Balaban J connectivity index is 1.82. The van der Waals surface area contributed by atoms with Gasteiger partial charge in [-0.3, -0.25) is 4.98 Å². The monoisotopic (exact) mass is 291 g/mol. The molecule has 0 amide bonds. The van der Waals surface area contributed by atoms with Crippen molar-refractivity contribution in [3.8, 4) is 0 Å². The van der Waals surface area contributed by atoms with Gasteiger partial charge in [0.2, 0.25) is 0 Å². The highest BCUT2D eigenvalue weighted by Gasteiger charge is 2.24. The van der Waals surface area contributed by atoms with Gasteiger partial charge < -0.3 is 4.90 Å². The summed E-state index contributed by atoms with van der Waals surface area (Å²) in [5, 5.41) is 0. The van der Waals surface area contributed by atoms with Crippen LogP contribution >= 0.6 is 11.8 Å². The predicted octanol–water partition coefficient (Wildman–Crippen LogP) is 4.28. The first kappa shape index (κ1) is 12.4. The fourth-order valence-electron chi connectivity index (χ4n) is 2.49. The minimum absolute atomic E-state index is 0.796. The highest BCUT2D eigenvalue weighted by Crippen LogP contribution is 2.46. The molecular weight excluding hydrogens is 278 g/mol. The first-order valence-electron chi connectivity index (χ1n) is 6.80. The zero-order valence-electron chi connectivity index (χ0n) is 11.3. The molecule has 4 rings (SSSR count). The van der Waals surface area contributed by atoms with Crippen LogP contribution in [0, 0.1) is 0 Å². The van der Waals surface area contributed by atoms with Gasteiger partial charge in [-0.15, -0.1) is 0 Å². The van der Waals surface area contributed by atoms with E-state index >= 15 is 0 Å². The van der Waals surface area contributed by atoms with Crippen molar-refractivity contribution < 1.29 is 0 Å². The Bertz CT molecular complexity index is 728. The topological polar surface area (TPSA) is 29.0 Å². The van der Waals surface area contributed by atoms with Gasteiger partial charge >= 0.3 is 0 Å². The molecule has 1 aliphatic rings. The maximum Gasteiger partial charge on any atom is 0.147 e. The SMILES string of the molecule is c1ccc(CN2c3cnccc3Sc3cccnc32)cc1. The predicted molar refractivity (Wildman–Crippen MR) is 84.9 cm³/mol. The molecular formula is C17H13N3S. The summed E-state index contributed by atoms with van der Waals surface area (Å²) in [6.45, 7) is 0.796. The fourth-order valence-corrected chi connectivity index (χ4v) is 3.52. The van der Waals surface area contributed by atoms with Gasteiger partial charge in [0.05, 0.1) is 16.8 Å². The molecule has 3 nitrogen and oxygen atoms in total. The van der Waals surface area contributed by atoms with Gasteiger partial charge in [0.25, 0.3) is 0 Å². The van der Waals surface area contributed by atoms with E-state index in [1.54, 1.807) is 11.8 Å². The van der Waals surface area contributed by atoms with E-state index in [9.17, 15) is 0 Å². The van der Waals surface area contributed by atoms with Crippen molar-refractivity contribution >= 4 is 23.3 Å². The van der Waals surface area contributed by atoms with Gasteiger partial charge in [-0.2, -0.15) is 0 Å². The smallest absolute Gasteiger partial charge is 0.147 e. The Kier molecular flexibility index (Phi) is 3.09. The summed E-state index contributed by atoms with van der Waals surface area (Å²) >= 11 is 1.75. The highest BCUT2D eigenvalue weighted by molar-refractivity contribution is 7.99. The summed E-state index contributed by atoms with van der Waals surface area (Å²) in [6, 6.07) is 16.6. The average molecular weight is 291 g/mol. The second kappa shape index (κ2) is 5.22. The first-order valence-corrected chi connectivity index (χ1v) is 7.62. The highest BCUT2D eigenvalue weighted by atomic mass is 32.2. The van der Waals surface area contributed by atoms with Crippen molar-refractivity contribution in [3.05, 3.63) is 72.7 Å². The van der Waals surface area contributed by atoms with Gasteiger partial charge in [0.15, 0.2) is 0 Å². The molecule has 2 aromatic heterocycles. The number of pyridine rings is 2. The van der Waals surface area contributed by atoms with Crippen LogP contribution in [0.5, 0.6) is 0 Å².